The predicted molar refractivity (Wildman–Crippen MR) is 201 cm³/mol. The van der Waals surface area contributed by atoms with E-state index in [1.807, 2.05) is 0 Å². The minimum Gasteiger partial charge on any atom is -0.394 e. The van der Waals surface area contributed by atoms with Crippen LogP contribution in [0.1, 0.15) is 226 Å². The van der Waals surface area contributed by atoms with Crippen LogP contribution in [0.5, 0.6) is 0 Å². The van der Waals surface area contributed by atoms with E-state index in [9.17, 15) is 25.2 Å². The molecular formula is C41H83NO5. The molecule has 5 N–H and O–H groups in total. The Morgan fingerprint density at radius 1 is 0.447 bits per heavy atom. The molecule has 0 spiro atoms. The Bertz CT molecular complexity index is 633. The van der Waals surface area contributed by atoms with Crippen LogP contribution in [0.2, 0.25) is 0 Å². The van der Waals surface area contributed by atoms with Gasteiger partial charge in [-0.15, -0.1) is 0 Å². The van der Waals surface area contributed by atoms with Crippen molar-refractivity contribution in [2.24, 2.45) is 0 Å². The van der Waals surface area contributed by atoms with Crippen LogP contribution in [-0.2, 0) is 4.79 Å². The van der Waals surface area contributed by atoms with Gasteiger partial charge in [0.25, 0.3) is 0 Å². The molecule has 0 rings (SSSR count). The summed E-state index contributed by atoms with van der Waals surface area (Å²) in [6.45, 7) is 4.05. The highest BCUT2D eigenvalue weighted by Gasteiger charge is 2.28. The van der Waals surface area contributed by atoms with Crippen molar-refractivity contribution in [3.63, 3.8) is 0 Å². The first kappa shape index (κ1) is 46.3. The molecular weight excluding hydrogens is 586 g/mol. The lowest BCUT2D eigenvalue weighted by molar-refractivity contribution is -0.132. The number of hydrogen-bond acceptors (Lipinski definition) is 5. The van der Waals surface area contributed by atoms with E-state index in [1.54, 1.807) is 0 Å². The fourth-order valence-corrected chi connectivity index (χ4v) is 6.70. The SMILES string of the molecule is CCCCCCCCCCCCCCCCCCCCC(O)C(O)C(CO)NC(=O)C(O)CCCCCCCCCCCCCCC. The summed E-state index contributed by atoms with van der Waals surface area (Å²) in [6, 6.07) is -0.977. The van der Waals surface area contributed by atoms with Crippen LogP contribution in [0.15, 0.2) is 0 Å². The van der Waals surface area contributed by atoms with Gasteiger partial charge in [-0.25, -0.2) is 0 Å². The number of nitrogens with one attached hydrogen (secondary N) is 1. The molecule has 6 heteroatoms. The van der Waals surface area contributed by atoms with E-state index >= 15 is 0 Å². The van der Waals surface area contributed by atoms with Gasteiger partial charge in [-0.05, 0) is 12.8 Å². The van der Waals surface area contributed by atoms with Crippen LogP contribution in [0.4, 0.5) is 0 Å². The summed E-state index contributed by atoms with van der Waals surface area (Å²) in [7, 11) is 0. The smallest absolute Gasteiger partial charge is 0.249 e. The number of rotatable bonds is 38. The number of carbonyl (C=O) groups excluding carboxylic acids is 1. The van der Waals surface area contributed by atoms with E-state index in [4.69, 9.17) is 0 Å². The van der Waals surface area contributed by atoms with Crippen LogP contribution >= 0.6 is 0 Å². The molecule has 0 aromatic rings. The largest absolute Gasteiger partial charge is 0.394 e. The molecule has 0 aliphatic carbocycles. The number of aliphatic hydroxyl groups is 4. The quantitative estimate of drug-likeness (QED) is 0.0420. The van der Waals surface area contributed by atoms with E-state index in [2.05, 4.69) is 19.2 Å². The van der Waals surface area contributed by atoms with Crippen LogP contribution in [0, 0.1) is 0 Å². The molecule has 0 aliphatic rings. The summed E-state index contributed by atoms with van der Waals surface area (Å²) in [4.78, 5) is 12.5. The average Bonchev–Trinajstić information content (AvgIpc) is 3.07. The second-order valence-corrected chi connectivity index (χ2v) is 14.7. The number of carbonyl (C=O) groups is 1. The summed E-state index contributed by atoms with van der Waals surface area (Å²) in [5.74, 6) is -0.581. The van der Waals surface area contributed by atoms with E-state index in [0.29, 0.717) is 12.8 Å². The van der Waals surface area contributed by atoms with Gasteiger partial charge >= 0.3 is 0 Å². The van der Waals surface area contributed by atoms with Crippen LogP contribution in [-0.4, -0.2) is 57.3 Å². The normalized spacial score (nSPS) is 14.3. The van der Waals surface area contributed by atoms with Crippen molar-refractivity contribution < 1.29 is 25.2 Å². The van der Waals surface area contributed by atoms with Gasteiger partial charge < -0.3 is 25.7 Å². The molecule has 0 saturated heterocycles. The summed E-state index contributed by atoms with van der Waals surface area (Å²) in [5.41, 5.74) is 0. The van der Waals surface area contributed by atoms with Crippen LogP contribution in [0.25, 0.3) is 0 Å². The van der Waals surface area contributed by atoms with E-state index in [0.717, 1.165) is 38.5 Å². The van der Waals surface area contributed by atoms with E-state index in [1.165, 1.54) is 161 Å². The molecule has 0 heterocycles. The first-order valence-electron chi connectivity index (χ1n) is 20.9. The zero-order chi connectivity index (χ0) is 34.6. The molecule has 0 fully saturated rings. The zero-order valence-electron chi connectivity index (χ0n) is 31.5. The minimum atomic E-state index is -1.25. The van der Waals surface area contributed by atoms with Crippen LogP contribution in [0.3, 0.4) is 0 Å². The highest BCUT2D eigenvalue weighted by atomic mass is 16.3. The van der Waals surface area contributed by atoms with Crippen molar-refractivity contribution in [3.8, 4) is 0 Å². The molecule has 0 radical (unpaired) electrons. The predicted octanol–water partition coefficient (Wildman–Crippen LogP) is 10.5. The second kappa shape index (κ2) is 36.6. The second-order valence-electron chi connectivity index (χ2n) is 14.7. The molecule has 4 atom stereocenters. The minimum absolute atomic E-state index is 0.375. The lowest BCUT2D eigenvalue weighted by Gasteiger charge is -2.27. The lowest BCUT2D eigenvalue weighted by Crippen LogP contribution is -2.53. The van der Waals surface area contributed by atoms with Gasteiger partial charge in [0.1, 0.15) is 12.2 Å². The fraction of sp³-hybridized carbons (Fsp3) is 0.976. The number of amides is 1. The van der Waals surface area contributed by atoms with Gasteiger partial charge in [0.05, 0.1) is 18.8 Å². The van der Waals surface area contributed by atoms with Crippen molar-refractivity contribution in [1.29, 1.82) is 0 Å². The van der Waals surface area contributed by atoms with Gasteiger partial charge in [-0.2, -0.15) is 0 Å². The number of hydrogen-bond donors (Lipinski definition) is 5. The first-order chi connectivity index (χ1) is 23.0. The van der Waals surface area contributed by atoms with Crippen molar-refractivity contribution in [2.75, 3.05) is 6.61 Å². The average molecular weight is 670 g/mol. The monoisotopic (exact) mass is 670 g/mol. The van der Waals surface area contributed by atoms with Crippen LogP contribution < -0.4 is 5.32 Å². The maximum absolute atomic E-state index is 12.5. The van der Waals surface area contributed by atoms with Crippen molar-refractivity contribution >= 4 is 5.91 Å². The molecule has 0 saturated carbocycles. The lowest BCUT2D eigenvalue weighted by atomic mass is 9.99. The Hall–Kier alpha value is -0.690. The van der Waals surface area contributed by atoms with Gasteiger partial charge in [0.15, 0.2) is 0 Å². The third-order valence-electron chi connectivity index (χ3n) is 10.1. The Labute approximate surface area is 292 Å². The fourth-order valence-electron chi connectivity index (χ4n) is 6.70. The molecule has 0 bridgehead atoms. The van der Waals surface area contributed by atoms with Crippen molar-refractivity contribution in [2.45, 2.75) is 250 Å². The highest BCUT2D eigenvalue weighted by molar-refractivity contribution is 5.80. The highest BCUT2D eigenvalue weighted by Crippen LogP contribution is 2.17. The maximum atomic E-state index is 12.5. The molecule has 4 unspecified atom stereocenters. The summed E-state index contributed by atoms with van der Waals surface area (Å²) >= 11 is 0. The molecule has 6 nitrogen and oxygen atoms in total. The molecule has 282 valence electrons. The van der Waals surface area contributed by atoms with E-state index < -0.39 is 36.9 Å². The van der Waals surface area contributed by atoms with Gasteiger partial charge in [-0.1, -0.05) is 213 Å². The van der Waals surface area contributed by atoms with Gasteiger partial charge in [0.2, 0.25) is 5.91 Å². The maximum Gasteiger partial charge on any atom is 0.249 e. The Balaban J connectivity index is 3.72. The molecule has 1 amide bonds. The Morgan fingerprint density at radius 2 is 0.723 bits per heavy atom. The molecule has 0 aromatic heterocycles. The molecule has 0 aliphatic heterocycles. The first-order valence-corrected chi connectivity index (χ1v) is 20.9. The number of unbranched alkanes of at least 4 members (excludes halogenated alkanes) is 29. The van der Waals surface area contributed by atoms with Gasteiger partial charge in [0, 0.05) is 0 Å². The third kappa shape index (κ3) is 31.1. The number of aliphatic hydroxyl groups excluding tert-OH is 4. The third-order valence-corrected chi connectivity index (χ3v) is 10.1. The molecule has 47 heavy (non-hydrogen) atoms. The Kier molecular flexibility index (Phi) is 36.0. The van der Waals surface area contributed by atoms with E-state index in [-0.39, 0.29) is 0 Å². The summed E-state index contributed by atoms with van der Waals surface area (Å²) in [5, 5.41) is 43.6. The van der Waals surface area contributed by atoms with Crippen molar-refractivity contribution in [1.82, 2.24) is 5.32 Å². The molecule has 0 aromatic carbocycles. The Morgan fingerprint density at radius 3 is 1.02 bits per heavy atom. The topological polar surface area (TPSA) is 110 Å². The summed E-state index contributed by atoms with van der Waals surface area (Å²) in [6.07, 6.45) is 37.0. The summed E-state index contributed by atoms with van der Waals surface area (Å²) < 4.78 is 0. The van der Waals surface area contributed by atoms with Crippen molar-refractivity contribution in [3.05, 3.63) is 0 Å². The zero-order valence-corrected chi connectivity index (χ0v) is 31.5. The van der Waals surface area contributed by atoms with Gasteiger partial charge in [-0.3, -0.25) is 4.79 Å². The standard InChI is InChI=1S/C41H83NO5/c1-3-5-7-9-11-13-15-17-18-19-20-21-23-24-26-28-30-32-34-38(44)40(46)37(36-43)42-41(47)39(45)35-33-31-29-27-25-22-16-14-12-10-8-6-4-2/h37-40,43-46H,3-36H2,1-2H3,(H,42,47).